The molecule has 1 aromatic heterocycles. The minimum atomic E-state index is 0.508. The van der Waals surface area contributed by atoms with Crippen molar-refractivity contribution in [2.45, 2.75) is 39.7 Å². The molecule has 3 nitrogen and oxygen atoms in total. The van der Waals surface area contributed by atoms with Crippen LogP contribution in [0.25, 0.3) is 0 Å². The summed E-state index contributed by atoms with van der Waals surface area (Å²) in [5, 5.41) is 7.84. The van der Waals surface area contributed by atoms with Crippen LogP contribution in [0.4, 0.5) is 0 Å². The fourth-order valence-electron chi connectivity index (χ4n) is 1.61. The second-order valence-electron chi connectivity index (χ2n) is 3.69. The number of hydrogen-bond donors (Lipinski definition) is 1. The molecule has 1 aromatic rings. The smallest absolute Gasteiger partial charge is 0.0643 e. The Morgan fingerprint density at radius 3 is 2.79 bits per heavy atom. The average molecular weight is 195 g/mol. The number of rotatable bonds is 6. The number of hydrogen-bond acceptors (Lipinski definition) is 2. The van der Waals surface area contributed by atoms with E-state index in [1.807, 2.05) is 6.92 Å². The van der Waals surface area contributed by atoms with Crippen LogP contribution in [0, 0.1) is 6.92 Å². The van der Waals surface area contributed by atoms with Crippen LogP contribution >= 0.6 is 0 Å². The summed E-state index contributed by atoms with van der Waals surface area (Å²) in [4.78, 5) is 0. The maximum absolute atomic E-state index is 4.46. The fraction of sp³-hybridized carbons (Fsp3) is 0.727. The highest BCUT2D eigenvalue weighted by Crippen LogP contribution is 2.12. The van der Waals surface area contributed by atoms with E-state index in [4.69, 9.17) is 0 Å². The van der Waals surface area contributed by atoms with Gasteiger partial charge in [0.2, 0.25) is 0 Å². The highest BCUT2D eigenvalue weighted by Gasteiger charge is 2.09. The standard InChI is InChI=1S/C11H21N3/c1-4-6-11(9-12-5-2)14-8-7-10(3)13-14/h7-8,11-12H,4-6,9H2,1-3H3. The lowest BCUT2D eigenvalue weighted by molar-refractivity contribution is 0.398. The summed E-state index contributed by atoms with van der Waals surface area (Å²) >= 11 is 0. The van der Waals surface area contributed by atoms with E-state index in [-0.39, 0.29) is 0 Å². The normalized spacial score (nSPS) is 13.1. The van der Waals surface area contributed by atoms with Gasteiger partial charge in [-0.3, -0.25) is 4.68 Å². The molecule has 1 N–H and O–H groups in total. The van der Waals surface area contributed by atoms with Crippen molar-refractivity contribution in [3.8, 4) is 0 Å². The van der Waals surface area contributed by atoms with Gasteiger partial charge in [-0.15, -0.1) is 0 Å². The summed E-state index contributed by atoms with van der Waals surface area (Å²) in [6.45, 7) is 8.44. The van der Waals surface area contributed by atoms with Crippen molar-refractivity contribution in [3.05, 3.63) is 18.0 Å². The largest absolute Gasteiger partial charge is 0.315 e. The Labute approximate surface area is 86.5 Å². The van der Waals surface area contributed by atoms with Crippen LogP contribution in [-0.4, -0.2) is 22.9 Å². The van der Waals surface area contributed by atoms with Crippen molar-refractivity contribution in [3.63, 3.8) is 0 Å². The van der Waals surface area contributed by atoms with Crippen LogP contribution < -0.4 is 5.32 Å². The first-order chi connectivity index (χ1) is 6.77. The van der Waals surface area contributed by atoms with Crippen LogP contribution in [0.3, 0.4) is 0 Å². The summed E-state index contributed by atoms with van der Waals surface area (Å²) in [7, 11) is 0. The molecule has 0 fully saturated rings. The molecule has 1 atom stereocenters. The topological polar surface area (TPSA) is 29.9 Å². The van der Waals surface area contributed by atoms with Crippen LogP contribution in [-0.2, 0) is 0 Å². The van der Waals surface area contributed by atoms with Crippen molar-refractivity contribution < 1.29 is 0 Å². The molecule has 0 aliphatic heterocycles. The Kier molecular flexibility index (Phi) is 4.66. The zero-order valence-corrected chi connectivity index (χ0v) is 9.45. The zero-order chi connectivity index (χ0) is 10.4. The first kappa shape index (κ1) is 11.2. The third-order valence-electron chi connectivity index (χ3n) is 2.37. The molecule has 0 bridgehead atoms. The highest BCUT2D eigenvalue weighted by atomic mass is 15.3. The lowest BCUT2D eigenvalue weighted by Gasteiger charge is -2.16. The molecule has 14 heavy (non-hydrogen) atoms. The predicted molar refractivity (Wildman–Crippen MR) is 59.5 cm³/mol. The van der Waals surface area contributed by atoms with E-state index in [0.717, 1.165) is 18.8 Å². The average Bonchev–Trinajstić information content (AvgIpc) is 2.59. The number of nitrogens with zero attached hydrogens (tertiary/aromatic N) is 2. The first-order valence-corrected chi connectivity index (χ1v) is 5.50. The van der Waals surface area contributed by atoms with Gasteiger partial charge in [-0.2, -0.15) is 5.10 Å². The van der Waals surface area contributed by atoms with Crippen molar-refractivity contribution >= 4 is 0 Å². The Hall–Kier alpha value is -0.830. The van der Waals surface area contributed by atoms with Gasteiger partial charge in [-0.05, 0) is 26.0 Å². The SMILES string of the molecule is CCCC(CNCC)n1ccc(C)n1. The molecule has 0 aliphatic carbocycles. The summed E-state index contributed by atoms with van der Waals surface area (Å²) in [5.74, 6) is 0. The Morgan fingerprint density at radius 2 is 2.29 bits per heavy atom. The molecule has 1 heterocycles. The maximum atomic E-state index is 4.46. The molecule has 0 saturated heterocycles. The first-order valence-electron chi connectivity index (χ1n) is 5.50. The molecule has 0 aliphatic rings. The molecule has 0 aromatic carbocycles. The van der Waals surface area contributed by atoms with E-state index in [0.29, 0.717) is 6.04 Å². The number of likely N-dealkylation sites (N-methyl/N-ethyl adjacent to an activating group) is 1. The molecule has 3 heteroatoms. The van der Waals surface area contributed by atoms with Crippen molar-refractivity contribution in [1.82, 2.24) is 15.1 Å². The molecule has 0 spiro atoms. The van der Waals surface area contributed by atoms with Gasteiger partial charge in [0.05, 0.1) is 11.7 Å². The lowest BCUT2D eigenvalue weighted by atomic mass is 10.2. The van der Waals surface area contributed by atoms with Crippen molar-refractivity contribution in [1.29, 1.82) is 0 Å². The second-order valence-corrected chi connectivity index (χ2v) is 3.69. The molecular formula is C11H21N3. The number of nitrogens with one attached hydrogen (secondary N) is 1. The van der Waals surface area contributed by atoms with Gasteiger partial charge >= 0.3 is 0 Å². The Morgan fingerprint density at radius 1 is 1.50 bits per heavy atom. The van der Waals surface area contributed by atoms with E-state index in [2.05, 4.69) is 41.2 Å². The van der Waals surface area contributed by atoms with E-state index >= 15 is 0 Å². The van der Waals surface area contributed by atoms with Crippen LogP contribution in [0.1, 0.15) is 38.4 Å². The molecular weight excluding hydrogens is 174 g/mol. The quantitative estimate of drug-likeness (QED) is 0.753. The third kappa shape index (κ3) is 3.14. The number of aryl methyl sites for hydroxylation is 1. The van der Waals surface area contributed by atoms with Crippen LogP contribution in [0.15, 0.2) is 12.3 Å². The maximum Gasteiger partial charge on any atom is 0.0643 e. The molecule has 0 saturated carbocycles. The Bertz CT molecular complexity index is 255. The second kappa shape index (κ2) is 5.81. The van der Waals surface area contributed by atoms with Gasteiger partial charge in [0.1, 0.15) is 0 Å². The minimum absolute atomic E-state index is 0.508. The summed E-state index contributed by atoms with van der Waals surface area (Å²) in [6.07, 6.45) is 4.47. The summed E-state index contributed by atoms with van der Waals surface area (Å²) in [5.41, 5.74) is 1.10. The van der Waals surface area contributed by atoms with E-state index in [9.17, 15) is 0 Å². The van der Waals surface area contributed by atoms with Gasteiger partial charge in [-0.25, -0.2) is 0 Å². The van der Waals surface area contributed by atoms with Crippen molar-refractivity contribution in [2.24, 2.45) is 0 Å². The minimum Gasteiger partial charge on any atom is -0.315 e. The molecule has 1 rings (SSSR count). The lowest BCUT2D eigenvalue weighted by Crippen LogP contribution is -2.25. The molecule has 1 unspecified atom stereocenters. The van der Waals surface area contributed by atoms with Gasteiger partial charge in [0, 0.05) is 12.7 Å². The van der Waals surface area contributed by atoms with Gasteiger partial charge in [-0.1, -0.05) is 20.3 Å². The monoisotopic (exact) mass is 195 g/mol. The van der Waals surface area contributed by atoms with Gasteiger partial charge in [0.25, 0.3) is 0 Å². The molecule has 0 radical (unpaired) electrons. The molecule has 80 valence electrons. The van der Waals surface area contributed by atoms with Crippen LogP contribution in [0.5, 0.6) is 0 Å². The molecule has 0 amide bonds. The van der Waals surface area contributed by atoms with Gasteiger partial charge in [0.15, 0.2) is 0 Å². The highest BCUT2D eigenvalue weighted by molar-refractivity contribution is 4.96. The zero-order valence-electron chi connectivity index (χ0n) is 9.45. The van der Waals surface area contributed by atoms with E-state index in [1.54, 1.807) is 0 Å². The summed E-state index contributed by atoms with van der Waals surface area (Å²) < 4.78 is 2.08. The van der Waals surface area contributed by atoms with Crippen molar-refractivity contribution in [2.75, 3.05) is 13.1 Å². The third-order valence-corrected chi connectivity index (χ3v) is 2.37. The number of aromatic nitrogens is 2. The van der Waals surface area contributed by atoms with E-state index < -0.39 is 0 Å². The summed E-state index contributed by atoms with van der Waals surface area (Å²) in [6, 6.07) is 2.57. The fourth-order valence-corrected chi connectivity index (χ4v) is 1.61. The van der Waals surface area contributed by atoms with Crippen LogP contribution in [0.2, 0.25) is 0 Å². The predicted octanol–water partition coefficient (Wildman–Crippen LogP) is 2.14. The van der Waals surface area contributed by atoms with Gasteiger partial charge < -0.3 is 5.32 Å². The Balaban J connectivity index is 2.57. The van der Waals surface area contributed by atoms with E-state index in [1.165, 1.54) is 12.8 Å².